The minimum atomic E-state index is -0.622. The largest absolute Gasteiger partial charge is 0.303 e. The highest BCUT2D eigenvalue weighted by atomic mass is 19.1. The Balaban J connectivity index is 1.76. The monoisotopic (exact) mass is 443 g/mol. The summed E-state index contributed by atoms with van der Waals surface area (Å²) in [5, 5.41) is 0. The van der Waals surface area contributed by atoms with Crippen molar-refractivity contribution in [2.24, 2.45) is 17.8 Å². The van der Waals surface area contributed by atoms with E-state index in [2.05, 4.69) is 11.9 Å². The minimum Gasteiger partial charge on any atom is -0.303 e. The highest BCUT2D eigenvalue weighted by Crippen LogP contribution is 2.53. The topological polar surface area (TPSA) is 72.8 Å². The lowest BCUT2D eigenvalue weighted by atomic mass is 9.54. The second-order valence-corrected chi connectivity index (χ2v) is 9.62. The Hall–Kier alpha value is -3.28. The summed E-state index contributed by atoms with van der Waals surface area (Å²) in [5.41, 5.74) is 4.84. The zero-order chi connectivity index (χ0) is 23.3. The predicted octanol–water partition coefficient (Wildman–Crippen LogP) is 4.90. The Morgan fingerprint density at radius 1 is 1.12 bits per heavy atom. The lowest BCUT2D eigenvalue weighted by molar-refractivity contribution is -0.137. The van der Waals surface area contributed by atoms with Gasteiger partial charge in [-0.15, -0.1) is 0 Å². The van der Waals surface area contributed by atoms with Crippen molar-refractivity contribution in [2.75, 3.05) is 0 Å². The molecule has 0 N–H and O–H groups in total. The van der Waals surface area contributed by atoms with Crippen LogP contribution in [0.25, 0.3) is 22.6 Å². The average molecular weight is 444 g/mol. The lowest BCUT2D eigenvalue weighted by Gasteiger charge is -2.49. The molecule has 1 aromatic carbocycles. The van der Waals surface area contributed by atoms with Crippen molar-refractivity contribution in [3.05, 3.63) is 65.4 Å². The molecule has 3 aromatic rings. The SMILES string of the molecule is Cc1cc(-c2nc(-c3ccc(F)cc3)c3c(n2)[C@]2(C)CC(C=O)C(=O)[C@H](C)[C@H]2CC3)ccn1. The van der Waals surface area contributed by atoms with Crippen LogP contribution >= 0.6 is 0 Å². The number of benzene rings is 1. The number of ketones is 1. The standard InChI is InChI=1S/C27H26FN3O2/c1-15-12-18(10-11-29-15)26-30-23(17-4-6-20(28)7-5-17)21-8-9-22-16(2)24(33)19(14-32)13-27(22,3)25(21)31-26/h4-7,10-12,14,16,19,22H,8-9,13H2,1-3H3/t16-,19?,22-,27-/m1/s1. The van der Waals surface area contributed by atoms with E-state index in [-0.39, 0.29) is 23.4 Å². The molecule has 2 heterocycles. The Morgan fingerprint density at radius 2 is 1.88 bits per heavy atom. The summed E-state index contributed by atoms with van der Waals surface area (Å²) in [5.74, 6) is -0.406. The number of hydrogen-bond donors (Lipinski definition) is 0. The first-order valence-electron chi connectivity index (χ1n) is 11.4. The third-order valence-corrected chi connectivity index (χ3v) is 7.57. The lowest BCUT2D eigenvalue weighted by Crippen LogP contribution is -2.51. The van der Waals surface area contributed by atoms with Crippen LogP contribution in [0.15, 0.2) is 42.6 Å². The number of Topliss-reactive ketones (excluding diaryl/α,β-unsaturated/α-hetero) is 1. The van der Waals surface area contributed by atoms with Crippen LogP contribution in [0, 0.1) is 30.5 Å². The van der Waals surface area contributed by atoms with Gasteiger partial charge in [-0.2, -0.15) is 0 Å². The maximum Gasteiger partial charge on any atom is 0.160 e. The summed E-state index contributed by atoms with van der Waals surface area (Å²) >= 11 is 0. The molecule has 5 nitrogen and oxygen atoms in total. The fourth-order valence-electron chi connectivity index (χ4n) is 5.91. The smallest absolute Gasteiger partial charge is 0.160 e. The molecule has 2 aliphatic carbocycles. The molecule has 0 radical (unpaired) electrons. The Bertz CT molecular complexity index is 1260. The van der Waals surface area contributed by atoms with Gasteiger partial charge in [-0.1, -0.05) is 13.8 Å². The first kappa shape index (κ1) is 21.6. The van der Waals surface area contributed by atoms with Gasteiger partial charge in [0.2, 0.25) is 0 Å². The van der Waals surface area contributed by atoms with Crippen molar-refractivity contribution in [1.82, 2.24) is 15.0 Å². The van der Waals surface area contributed by atoms with Crippen molar-refractivity contribution in [2.45, 2.75) is 45.4 Å². The molecule has 0 spiro atoms. The van der Waals surface area contributed by atoms with Crippen LogP contribution in [-0.4, -0.2) is 27.0 Å². The molecule has 0 amide bonds. The summed E-state index contributed by atoms with van der Waals surface area (Å²) in [6.07, 6.45) is 4.55. The number of rotatable bonds is 3. The zero-order valence-electron chi connectivity index (χ0n) is 19.0. The molecule has 6 heteroatoms. The van der Waals surface area contributed by atoms with E-state index in [1.807, 2.05) is 26.0 Å². The zero-order valence-corrected chi connectivity index (χ0v) is 19.0. The van der Waals surface area contributed by atoms with Crippen LogP contribution in [0.1, 0.15) is 43.6 Å². The number of hydrogen-bond acceptors (Lipinski definition) is 5. The third kappa shape index (κ3) is 3.48. The van der Waals surface area contributed by atoms with E-state index in [1.165, 1.54) is 12.1 Å². The second kappa shape index (κ2) is 7.94. The molecular formula is C27H26FN3O2. The summed E-state index contributed by atoms with van der Waals surface area (Å²) in [4.78, 5) is 38.9. The third-order valence-electron chi connectivity index (χ3n) is 7.57. The Kier molecular flexibility index (Phi) is 5.19. The van der Waals surface area contributed by atoms with E-state index in [0.717, 1.165) is 52.9 Å². The van der Waals surface area contributed by atoms with Crippen molar-refractivity contribution < 1.29 is 14.0 Å². The molecule has 0 bridgehead atoms. The molecule has 5 rings (SSSR count). The molecular weight excluding hydrogens is 417 g/mol. The molecule has 1 unspecified atom stereocenters. The van der Waals surface area contributed by atoms with Crippen LogP contribution < -0.4 is 0 Å². The van der Waals surface area contributed by atoms with Crippen LogP contribution in [-0.2, 0) is 21.4 Å². The molecule has 1 saturated carbocycles. The van der Waals surface area contributed by atoms with E-state index < -0.39 is 11.3 Å². The molecule has 2 aliphatic rings. The number of aldehydes is 1. The quantitative estimate of drug-likeness (QED) is 0.425. The summed E-state index contributed by atoms with van der Waals surface area (Å²) in [7, 11) is 0. The highest BCUT2D eigenvalue weighted by Gasteiger charge is 2.53. The van der Waals surface area contributed by atoms with Gasteiger partial charge in [0.25, 0.3) is 0 Å². The average Bonchev–Trinajstić information content (AvgIpc) is 2.81. The number of fused-ring (bicyclic) bond motifs is 3. The van der Waals surface area contributed by atoms with Gasteiger partial charge in [-0.05, 0) is 68.5 Å². The van der Waals surface area contributed by atoms with Crippen molar-refractivity contribution in [1.29, 1.82) is 0 Å². The predicted molar refractivity (Wildman–Crippen MR) is 123 cm³/mol. The summed E-state index contributed by atoms with van der Waals surface area (Å²) in [6, 6.07) is 10.2. The number of nitrogens with zero attached hydrogens (tertiary/aromatic N) is 3. The van der Waals surface area contributed by atoms with E-state index in [4.69, 9.17) is 9.97 Å². The van der Waals surface area contributed by atoms with Crippen LogP contribution in [0.2, 0.25) is 0 Å². The highest BCUT2D eigenvalue weighted by molar-refractivity contribution is 5.96. The minimum absolute atomic E-state index is 0.0359. The van der Waals surface area contributed by atoms with Crippen LogP contribution in [0.3, 0.4) is 0 Å². The molecule has 0 aliphatic heterocycles. The number of aromatic nitrogens is 3. The summed E-state index contributed by atoms with van der Waals surface area (Å²) < 4.78 is 13.7. The molecule has 33 heavy (non-hydrogen) atoms. The molecule has 1 fully saturated rings. The van der Waals surface area contributed by atoms with E-state index in [1.54, 1.807) is 18.3 Å². The molecule has 4 atom stereocenters. The maximum absolute atomic E-state index is 13.7. The van der Waals surface area contributed by atoms with Crippen LogP contribution in [0.4, 0.5) is 4.39 Å². The fourth-order valence-corrected chi connectivity index (χ4v) is 5.91. The number of aryl methyl sites for hydroxylation is 1. The molecule has 0 saturated heterocycles. The van der Waals surface area contributed by atoms with Gasteiger partial charge in [-0.25, -0.2) is 14.4 Å². The van der Waals surface area contributed by atoms with Gasteiger partial charge in [0, 0.05) is 39.9 Å². The van der Waals surface area contributed by atoms with Crippen molar-refractivity contribution >= 4 is 12.1 Å². The number of carbonyl (C=O) groups excluding carboxylic acids is 2. The van der Waals surface area contributed by atoms with Crippen molar-refractivity contribution in [3.8, 4) is 22.6 Å². The van der Waals surface area contributed by atoms with E-state index in [9.17, 15) is 14.0 Å². The van der Waals surface area contributed by atoms with Gasteiger partial charge >= 0.3 is 0 Å². The van der Waals surface area contributed by atoms with Gasteiger partial charge < -0.3 is 4.79 Å². The molecule has 168 valence electrons. The number of halogens is 1. The Morgan fingerprint density at radius 3 is 2.58 bits per heavy atom. The van der Waals surface area contributed by atoms with Gasteiger partial charge in [0.05, 0.1) is 17.3 Å². The van der Waals surface area contributed by atoms with Gasteiger partial charge in [0.15, 0.2) is 5.82 Å². The normalized spacial score (nSPS) is 26.4. The number of carbonyl (C=O) groups is 2. The number of pyridine rings is 1. The maximum atomic E-state index is 13.7. The first-order chi connectivity index (χ1) is 15.8. The Labute approximate surface area is 192 Å². The summed E-state index contributed by atoms with van der Waals surface area (Å²) in [6.45, 7) is 6.00. The van der Waals surface area contributed by atoms with Gasteiger partial charge in [0.1, 0.15) is 17.9 Å². The van der Waals surface area contributed by atoms with E-state index >= 15 is 0 Å². The first-order valence-corrected chi connectivity index (χ1v) is 11.4. The molecule has 2 aromatic heterocycles. The van der Waals surface area contributed by atoms with Gasteiger partial charge in [-0.3, -0.25) is 9.78 Å². The van der Waals surface area contributed by atoms with Crippen molar-refractivity contribution in [3.63, 3.8) is 0 Å². The second-order valence-electron chi connectivity index (χ2n) is 9.62. The fraction of sp³-hybridized carbons (Fsp3) is 0.370. The van der Waals surface area contributed by atoms with Crippen LogP contribution in [0.5, 0.6) is 0 Å². The van der Waals surface area contributed by atoms with E-state index in [0.29, 0.717) is 12.2 Å².